The molecule has 0 amide bonds. The average molecular weight is 331 g/mol. The van der Waals surface area contributed by atoms with Crippen molar-refractivity contribution in [3.63, 3.8) is 0 Å². The summed E-state index contributed by atoms with van der Waals surface area (Å²) in [5.41, 5.74) is 1.02. The van der Waals surface area contributed by atoms with E-state index >= 15 is 0 Å². The Kier molecular flexibility index (Phi) is 4.17. The molecular weight excluding hydrogens is 312 g/mol. The molecule has 2 unspecified atom stereocenters. The molecule has 2 nitrogen and oxygen atoms in total. The lowest BCUT2D eigenvalue weighted by Crippen LogP contribution is -2.18. The van der Waals surface area contributed by atoms with Gasteiger partial charge in [0, 0.05) is 11.2 Å². The molecule has 1 aliphatic rings. The molecule has 100 valence electrons. The fourth-order valence-corrected chi connectivity index (χ4v) is 5.50. The minimum absolute atomic E-state index is 0.146. The van der Waals surface area contributed by atoms with Crippen molar-refractivity contribution in [2.45, 2.75) is 31.1 Å². The summed E-state index contributed by atoms with van der Waals surface area (Å²) in [7, 11) is -3.07. The summed E-state index contributed by atoms with van der Waals surface area (Å²) in [5.74, 6) is 1.40. The maximum Gasteiger partial charge on any atom is 0.179 e. The molecule has 0 bridgehead atoms. The van der Waals surface area contributed by atoms with E-state index in [4.69, 9.17) is 0 Å². The Balaban J connectivity index is 2.37. The quantitative estimate of drug-likeness (QED) is 0.790. The predicted molar refractivity (Wildman–Crippen MR) is 78.0 cm³/mol. The first-order chi connectivity index (χ1) is 8.45. The van der Waals surface area contributed by atoms with Crippen LogP contribution in [0, 0.1) is 11.8 Å². The van der Waals surface area contributed by atoms with Crippen LogP contribution in [0.25, 0.3) is 0 Å². The van der Waals surface area contributed by atoms with Crippen molar-refractivity contribution < 1.29 is 8.42 Å². The first kappa shape index (κ1) is 14.1. The fraction of sp³-hybridized carbons (Fsp3) is 0.571. The summed E-state index contributed by atoms with van der Waals surface area (Å²) < 4.78 is 24.3. The predicted octanol–water partition coefficient (Wildman–Crippen LogP) is 3.61. The van der Waals surface area contributed by atoms with Crippen molar-refractivity contribution in [3.05, 3.63) is 29.8 Å². The van der Waals surface area contributed by atoms with Gasteiger partial charge in [-0.3, -0.25) is 0 Å². The van der Waals surface area contributed by atoms with Gasteiger partial charge in [-0.2, -0.15) is 0 Å². The number of fused-ring (bicyclic) bond motifs is 1. The third kappa shape index (κ3) is 2.64. The lowest BCUT2D eigenvalue weighted by Gasteiger charge is -2.23. The molecule has 0 saturated carbocycles. The highest BCUT2D eigenvalue weighted by molar-refractivity contribution is 9.09. The van der Waals surface area contributed by atoms with E-state index in [0.29, 0.717) is 16.7 Å². The standard InChI is InChI=1S/C14H19BrO2S/c1-10(2)7-11(8-15)13-9-18(16,17)14-6-4-3-5-12(13)14/h3-6,10-11,13H,7-9H2,1-2H3. The highest BCUT2D eigenvalue weighted by Crippen LogP contribution is 2.41. The van der Waals surface area contributed by atoms with E-state index in [2.05, 4.69) is 29.8 Å². The van der Waals surface area contributed by atoms with Crippen molar-refractivity contribution >= 4 is 25.8 Å². The van der Waals surface area contributed by atoms with Crippen LogP contribution in [0.1, 0.15) is 31.7 Å². The zero-order valence-corrected chi connectivity index (χ0v) is 13.2. The topological polar surface area (TPSA) is 34.1 Å². The summed E-state index contributed by atoms with van der Waals surface area (Å²) in [5, 5.41) is 0.861. The van der Waals surface area contributed by atoms with Crippen LogP contribution in [0.4, 0.5) is 0 Å². The van der Waals surface area contributed by atoms with Crippen LogP contribution in [0.2, 0.25) is 0 Å². The van der Waals surface area contributed by atoms with Crippen molar-refractivity contribution in [2.24, 2.45) is 11.8 Å². The zero-order chi connectivity index (χ0) is 13.3. The van der Waals surface area contributed by atoms with Gasteiger partial charge in [0.2, 0.25) is 0 Å². The van der Waals surface area contributed by atoms with E-state index in [0.717, 1.165) is 17.3 Å². The molecule has 1 aliphatic heterocycles. The zero-order valence-electron chi connectivity index (χ0n) is 10.8. The summed E-state index contributed by atoms with van der Waals surface area (Å²) in [6.45, 7) is 4.37. The molecule has 0 spiro atoms. The maximum absolute atomic E-state index is 12.2. The second-order valence-electron chi connectivity index (χ2n) is 5.47. The van der Waals surface area contributed by atoms with Gasteiger partial charge in [-0.15, -0.1) is 0 Å². The Labute approximate surface area is 118 Å². The number of hydrogen-bond donors (Lipinski definition) is 0. The third-order valence-corrected chi connectivity index (χ3v) is 6.27. The highest BCUT2D eigenvalue weighted by atomic mass is 79.9. The number of benzene rings is 1. The molecule has 0 N–H and O–H groups in total. The molecule has 4 heteroatoms. The fourth-order valence-electron chi connectivity index (χ4n) is 2.82. The number of alkyl halides is 1. The number of halogens is 1. The molecule has 0 saturated heterocycles. The Morgan fingerprint density at radius 2 is 2.00 bits per heavy atom. The Bertz CT molecular complexity index is 522. The largest absolute Gasteiger partial charge is 0.224 e. The second-order valence-corrected chi connectivity index (χ2v) is 8.12. The van der Waals surface area contributed by atoms with Crippen LogP contribution < -0.4 is 0 Å². The van der Waals surface area contributed by atoms with Crippen LogP contribution in [-0.4, -0.2) is 19.5 Å². The monoisotopic (exact) mass is 330 g/mol. The molecule has 18 heavy (non-hydrogen) atoms. The first-order valence-electron chi connectivity index (χ1n) is 6.33. The van der Waals surface area contributed by atoms with Gasteiger partial charge in [-0.1, -0.05) is 48.0 Å². The molecule has 0 fully saturated rings. The van der Waals surface area contributed by atoms with E-state index in [-0.39, 0.29) is 11.7 Å². The van der Waals surface area contributed by atoms with E-state index < -0.39 is 9.84 Å². The Morgan fingerprint density at radius 1 is 1.33 bits per heavy atom. The van der Waals surface area contributed by atoms with Gasteiger partial charge < -0.3 is 0 Å². The van der Waals surface area contributed by atoms with Crippen LogP contribution in [-0.2, 0) is 9.84 Å². The summed E-state index contributed by atoms with van der Waals surface area (Å²) in [6, 6.07) is 7.46. The molecule has 2 rings (SSSR count). The summed E-state index contributed by atoms with van der Waals surface area (Å²) >= 11 is 3.55. The van der Waals surface area contributed by atoms with E-state index in [1.165, 1.54) is 0 Å². The van der Waals surface area contributed by atoms with Crippen molar-refractivity contribution in [1.82, 2.24) is 0 Å². The summed E-state index contributed by atoms with van der Waals surface area (Å²) in [6.07, 6.45) is 1.06. The smallest absolute Gasteiger partial charge is 0.179 e. The molecule has 0 radical (unpaired) electrons. The molecule has 1 aromatic rings. The maximum atomic E-state index is 12.2. The second kappa shape index (κ2) is 5.33. The van der Waals surface area contributed by atoms with Crippen LogP contribution in [0.5, 0.6) is 0 Å². The van der Waals surface area contributed by atoms with Crippen molar-refractivity contribution in [2.75, 3.05) is 11.1 Å². The van der Waals surface area contributed by atoms with E-state index in [1.54, 1.807) is 6.07 Å². The van der Waals surface area contributed by atoms with Gasteiger partial charge in [-0.05, 0) is 29.9 Å². The summed E-state index contributed by atoms with van der Waals surface area (Å²) in [4.78, 5) is 0.546. The van der Waals surface area contributed by atoms with Crippen molar-refractivity contribution in [1.29, 1.82) is 0 Å². The van der Waals surface area contributed by atoms with Gasteiger partial charge in [0.25, 0.3) is 0 Å². The number of hydrogen-bond acceptors (Lipinski definition) is 2. The van der Waals surface area contributed by atoms with Crippen LogP contribution >= 0.6 is 15.9 Å². The highest BCUT2D eigenvalue weighted by Gasteiger charge is 2.38. The van der Waals surface area contributed by atoms with Crippen molar-refractivity contribution in [3.8, 4) is 0 Å². The van der Waals surface area contributed by atoms with E-state index in [1.807, 2.05) is 18.2 Å². The lowest BCUT2D eigenvalue weighted by atomic mass is 9.84. The third-order valence-electron chi connectivity index (χ3n) is 3.59. The van der Waals surface area contributed by atoms with Crippen LogP contribution in [0.3, 0.4) is 0 Å². The molecular formula is C14H19BrO2S. The number of rotatable bonds is 4. The van der Waals surface area contributed by atoms with E-state index in [9.17, 15) is 8.42 Å². The molecule has 1 aromatic carbocycles. The average Bonchev–Trinajstić information content (AvgIpc) is 2.59. The number of sulfone groups is 1. The van der Waals surface area contributed by atoms with Gasteiger partial charge in [-0.25, -0.2) is 8.42 Å². The van der Waals surface area contributed by atoms with Crippen LogP contribution in [0.15, 0.2) is 29.2 Å². The first-order valence-corrected chi connectivity index (χ1v) is 9.10. The lowest BCUT2D eigenvalue weighted by molar-refractivity contribution is 0.399. The SMILES string of the molecule is CC(C)CC(CBr)C1CS(=O)(=O)c2ccccc21. The van der Waals surface area contributed by atoms with Gasteiger partial charge >= 0.3 is 0 Å². The molecule has 0 aliphatic carbocycles. The minimum atomic E-state index is -3.07. The minimum Gasteiger partial charge on any atom is -0.224 e. The van der Waals surface area contributed by atoms with Gasteiger partial charge in [0.15, 0.2) is 9.84 Å². The Hall–Kier alpha value is -0.350. The Morgan fingerprint density at radius 3 is 2.61 bits per heavy atom. The normalized spacial score (nSPS) is 23.0. The molecule has 1 heterocycles. The molecule has 0 aromatic heterocycles. The molecule has 2 atom stereocenters. The van der Waals surface area contributed by atoms with Gasteiger partial charge in [0.1, 0.15) is 0 Å². The van der Waals surface area contributed by atoms with Gasteiger partial charge in [0.05, 0.1) is 10.6 Å².